The van der Waals surface area contributed by atoms with Crippen molar-refractivity contribution >= 4 is 26.1 Å². The topological polar surface area (TPSA) is 135 Å². The first-order valence-corrected chi connectivity index (χ1v) is 11.5. The largest absolute Gasteiger partial charge is 0.374 e. The van der Waals surface area contributed by atoms with Gasteiger partial charge in [-0.2, -0.15) is 0 Å². The minimum Gasteiger partial charge on any atom is -0.364 e. The second kappa shape index (κ2) is 6.38. The molecule has 124 valence electrons. The van der Waals surface area contributed by atoms with Gasteiger partial charge in [0.05, 0.1) is 0 Å². The maximum absolute atomic E-state index is 11.4. The molecule has 1 saturated heterocycles. The Labute approximate surface area is 131 Å². The molecular formula is C12H19O7P2S+. The van der Waals surface area contributed by atoms with E-state index in [-0.39, 0.29) is 5.92 Å². The first-order valence-electron chi connectivity index (χ1n) is 6.57. The molecule has 1 aromatic rings. The molecule has 0 aromatic heterocycles. The standard InChI is InChI=1S/C12H18O7P2S/c13-12(20(14,15)16,21(17,18)19)9-22-7-6-11(8-22)10-4-2-1-3-5-10/h1-5,11,13H,6-9H2,(H3-,14,15,16,17,18,19)/p+1. The molecule has 0 aliphatic carbocycles. The van der Waals surface area contributed by atoms with E-state index in [9.17, 15) is 33.8 Å². The van der Waals surface area contributed by atoms with Crippen LogP contribution in [0.4, 0.5) is 0 Å². The van der Waals surface area contributed by atoms with E-state index in [1.54, 1.807) is 0 Å². The van der Waals surface area contributed by atoms with Gasteiger partial charge in [-0.05, 0) is 16.5 Å². The zero-order valence-electron chi connectivity index (χ0n) is 11.6. The van der Waals surface area contributed by atoms with Crippen molar-refractivity contribution in [1.29, 1.82) is 0 Å². The van der Waals surface area contributed by atoms with E-state index < -0.39 is 36.9 Å². The average Bonchev–Trinajstić information content (AvgIpc) is 2.85. The summed E-state index contributed by atoms with van der Waals surface area (Å²) in [6.45, 7) is 0. The Morgan fingerprint density at radius 3 is 2.14 bits per heavy atom. The smallest absolute Gasteiger partial charge is 0.364 e. The maximum Gasteiger partial charge on any atom is 0.374 e. The summed E-state index contributed by atoms with van der Waals surface area (Å²) >= 11 is 0. The van der Waals surface area contributed by atoms with Gasteiger partial charge in [0, 0.05) is 12.3 Å². The van der Waals surface area contributed by atoms with E-state index >= 15 is 0 Å². The van der Waals surface area contributed by atoms with Gasteiger partial charge in [0.15, 0.2) is 5.75 Å². The molecule has 1 aliphatic rings. The lowest BCUT2D eigenvalue weighted by Gasteiger charge is -2.27. The van der Waals surface area contributed by atoms with Crippen LogP contribution >= 0.6 is 15.2 Å². The molecule has 0 spiro atoms. The summed E-state index contributed by atoms with van der Waals surface area (Å²) in [6, 6.07) is 9.59. The molecule has 7 nitrogen and oxygen atoms in total. The third kappa shape index (κ3) is 3.66. The number of hydrogen-bond acceptors (Lipinski definition) is 3. The van der Waals surface area contributed by atoms with Crippen LogP contribution < -0.4 is 0 Å². The second-order valence-corrected chi connectivity index (χ2v) is 11.6. The minimum atomic E-state index is -5.35. The summed E-state index contributed by atoms with van der Waals surface area (Å²) in [5.41, 5.74) is 1.09. The van der Waals surface area contributed by atoms with Gasteiger partial charge in [-0.3, -0.25) is 9.13 Å². The van der Waals surface area contributed by atoms with E-state index in [4.69, 9.17) is 0 Å². The average molecular weight is 369 g/mol. The summed E-state index contributed by atoms with van der Waals surface area (Å²) in [6.07, 6.45) is 0.769. The van der Waals surface area contributed by atoms with Crippen LogP contribution in [0.3, 0.4) is 0 Å². The van der Waals surface area contributed by atoms with Gasteiger partial charge in [-0.25, -0.2) is 0 Å². The molecule has 2 unspecified atom stereocenters. The quantitative estimate of drug-likeness (QED) is 0.382. The van der Waals surface area contributed by atoms with E-state index in [0.717, 1.165) is 12.0 Å². The van der Waals surface area contributed by atoms with Gasteiger partial charge in [0.1, 0.15) is 11.5 Å². The molecule has 1 aliphatic heterocycles. The lowest BCUT2D eigenvalue weighted by atomic mass is 9.99. The zero-order valence-corrected chi connectivity index (χ0v) is 14.3. The van der Waals surface area contributed by atoms with E-state index in [1.165, 1.54) is 0 Å². The van der Waals surface area contributed by atoms with Crippen LogP contribution in [0.15, 0.2) is 30.3 Å². The molecule has 2 rings (SSSR count). The van der Waals surface area contributed by atoms with Crippen molar-refractivity contribution in [2.75, 3.05) is 17.3 Å². The van der Waals surface area contributed by atoms with Gasteiger partial charge in [0.25, 0.3) is 0 Å². The van der Waals surface area contributed by atoms with Crippen molar-refractivity contribution in [1.82, 2.24) is 0 Å². The predicted octanol–water partition coefficient (Wildman–Crippen LogP) is 0.794. The minimum absolute atomic E-state index is 0.183. The lowest BCUT2D eigenvalue weighted by Crippen LogP contribution is -2.37. The van der Waals surface area contributed by atoms with Gasteiger partial charge in [0.2, 0.25) is 0 Å². The molecule has 0 radical (unpaired) electrons. The van der Waals surface area contributed by atoms with Crippen molar-refractivity contribution in [2.24, 2.45) is 0 Å². The van der Waals surface area contributed by atoms with Crippen molar-refractivity contribution in [3.63, 3.8) is 0 Å². The van der Waals surface area contributed by atoms with Crippen LogP contribution in [-0.4, -0.2) is 47.0 Å². The summed E-state index contributed by atoms with van der Waals surface area (Å²) in [7, 11) is -11.4. The summed E-state index contributed by atoms with van der Waals surface area (Å²) in [5, 5.41) is 6.70. The first-order chi connectivity index (χ1) is 10.0. The lowest BCUT2D eigenvalue weighted by molar-refractivity contribution is 0.149. The maximum atomic E-state index is 11.4. The van der Waals surface area contributed by atoms with E-state index in [2.05, 4.69) is 0 Å². The van der Waals surface area contributed by atoms with E-state index in [1.807, 2.05) is 30.3 Å². The van der Waals surface area contributed by atoms with Crippen molar-refractivity contribution in [3.8, 4) is 0 Å². The highest BCUT2D eigenvalue weighted by atomic mass is 32.2. The Hall–Kier alpha value is -0.170. The van der Waals surface area contributed by atoms with Crippen molar-refractivity contribution < 1.29 is 33.8 Å². The predicted molar refractivity (Wildman–Crippen MR) is 84.8 cm³/mol. The normalized spacial score (nSPS) is 23.7. The molecule has 5 N–H and O–H groups in total. The first kappa shape index (κ1) is 18.2. The highest BCUT2D eigenvalue weighted by Crippen LogP contribution is 2.68. The number of hydrogen-bond donors (Lipinski definition) is 5. The molecule has 10 heteroatoms. The number of benzene rings is 1. The molecule has 1 aromatic carbocycles. The van der Waals surface area contributed by atoms with E-state index in [0.29, 0.717) is 11.5 Å². The van der Waals surface area contributed by atoms with Gasteiger partial charge >= 0.3 is 20.3 Å². The van der Waals surface area contributed by atoms with Crippen LogP contribution in [0.5, 0.6) is 0 Å². The highest BCUT2D eigenvalue weighted by molar-refractivity contribution is 7.98. The Balaban J connectivity index is 2.14. The van der Waals surface area contributed by atoms with Crippen LogP contribution in [0.25, 0.3) is 0 Å². The molecule has 0 saturated carbocycles. The Kier molecular flexibility index (Phi) is 5.27. The third-order valence-corrected chi connectivity index (χ3v) is 10.5. The molecule has 22 heavy (non-hydrogen) atoms. The molecule has 2 atom stereocenters. The summed E-state index contributed by atoms with van der Waals surface area (Å²) in [4.78, 5) is 36.8. The summed E-state index contributed by atoms with van der Waals surface area (Å²) < 4.78 is 22.8. The molecule has 1 heterocycles. The summed E-state index contributed by atoms with van der Waals surface area (Å²) in [5.74, 6) is 0.751. The fraction of sp³-hybridized carbons (Fsp3) is 0.500. The fourth-order valence-electron chi connectivity index (χ4n) is 2.49. The van der Waals surface area contributed by atoms with Gasteiger partial charge in [-0.15, -0.1) is 0 Å². The Morgan fingerprint density at radius 1 is 1.09 bits per heavy atom. The number of aliphatic hydroxyl groups is 1. The van der Waals surface area contributed by atoms with Crippen LogP contribution in [0.2, 0.25) is 0 Å². The van der Waals surface area contributed by atoms with Crippen LogP contribution in [0.1, 0.15) is 17.9 Å². The van der Waals surface area contributed by atoms with Crippen molar-refractivity contribution in [2.45, 2.75) is 17.4 Å². The fourth-order valence-corrected chi connectivity index (χ4v) is 8.81. The van der Waals surface area contributed by atoms with Gasteiger partial charge in [-0.1, -0.05) is 30.3 Å². The van der Waals surface area contributed by atoms with Crippen molar-refractivity contribution in [3.05, 3.63) is 35.9 Å². The molecule has 0 amide bonds. The molecular weight excluding hydrogens is 350 g/mol. The molecule has 0 bridgehead atoms. The zero-order chi connectivity index (χ0) is 16.6. The number of rotatable bonds is 5. The Morgan fingerprint density at radius 2 is 1.64 bits per heavy atom. The monoisotopic (exact) mass is 369 g/mol. The highest BCUT2D eigenvalue weighted by Gasteiger charge is 2.64. The van der Waals surface area contributed by atoms with Crippen LogP contribution in [0, 0.1) is 0 Å². The van der Waals surface area contributed by atoms with Gasteiger partial charge < -0.3 is 24.7 Å². The Bertz CT molecular complexity index is 589. The van der Waals surface area contributed by atoms with Crippen LogP contribution in [-0.2, 0) is 20.0 Å². The second-order valence-electron chi connectivity index (χ2n) is 5.39. The molecule has 1 fully saturated rings. The third-order valence-electron chi connectivity index (χ3n) is 3.79. The SMILES string of the molecule is O=P(O)(O)C(O)(C[S+]1CCC(c2ccccc2)C1)P(=O)(O)O.